The van der Waals surface area contributed by atoms with Crippen LogP contribution in [0.3, 0.4) is 0 Å². The third-order valence-electron chi connectivity index (χ3n) is 3.40. The Hall–Kier alpha value is -2.38. The van der Waals surface area contributed by atoms with Gasteiger partial charge in [-0.1, -0.05) is 23.7 Å². The second kappa shape index (κ2) is 6.62. The number of aryl methyl sites for hydroxylation is 1. The lowest BCUT2D eigenvalue weighted by Gasteiger charge is -2.12. The van der Waals surface area contributed by atoms with Crippen LogP contribution in [0.4, 0.5) is 11.4 Å². The van der Waals surface area contributed by atoms with Crippen LogP contribution in [-0.4, -0.2) is 20.7 Å². The summed E-state index contributed by atoms with van der Waals surface area (Å²) < 4.78 is 1.88. The number of nitrogens with zero attached hydrogens (tertiary/aromatic N) is 3. The van der Waals surface area contributed by atoms with E-state index in [9.17, 15) is 4.79 Å². The number of carbonyl (C=O) groups is 1. The molecule has 3 rings (SSSR count). The average molecular weight is 407 g/mol. The van der Waals surface area contributed by atoms with Gasteiger partial charge in [-0.3, -0.25) is 4.79 Å². The van der Waals surface area contributed by atoms with E-state index in [1.165, 1.54) is 4.68 Å². The summed E-state index contributed by atoms with van der Waals surface area (Å²) in [5, 5.41) is 7.45. The first kappa shape index (κ1) is 16.5. The molecule has 2 heterocycles. The summed E-state index contributed by atoms with van der Waals surface area (Å²) in [5.41, 5.74) is 8.15. The zero-order valence-corrected chi connectivity index (χ0v) is 15.0. The Morgan fingerprint density at radius 3 is 2.83 bits per heavy atom. The van der Waals surface area contributed by atoms with Gasteiger partial charge in [0.2, 0.25) is 0 Å². The highest BCUT2D eigenvalue weighted by Gasteiger charge is 2.19. The molecule has 3 N–H and O–H groups in total. The van der Waals surface area contributed by atoms with Gasteiger partial charge >= 0.3 is 0 Å². The van der Waals surface area contributed by atoms with Crippen molar-refractivity contribution >= 4 is 44.8 Å². The lowest BCUT2D eigenvalue weighted by Crippen LogP contribution is -2.19. The normalized spacial score (nSPS) is 10.6. The van der Waals surface area contributed by atoms with Crippen molar-refractivity contribution in [3.8, 4) is 5.82 Å². The Bertz CT molecular complexity index is 904. The van der Waals surface area contributed by atoms with Crippen LogP contribution in [-0.2, 0) is 0 Å². The van der Waals surface area contributed by atoms with Crippen molar-refractivity contribution in [2.24, 2.45) is 0 Å². The second-order valence-corrected chi connectivity index (χ2v) is 6.29. The summed E-state index contributed by atoms with van der Waals surface area (Å²) in [5.74, 6) is 0.00342. The first-order valence-electron chi connectivity index (χ1n) is 7.00. The highest BCUT2D eigenvalue weighted by molar-refractivity contribution is 9.10. The molecule has 8 heteroatoms. The average Bonchev–Trinajstić information content (AvgIpc) is 2.93. The van der Waals surface area contributed by atoms with Crippen molar-refractivity contribution in [3.63, 3.8) is 0 Å². The van der Waals surface area contributed by atoms with Gasteiger partial charge in [-0.15, -0.1) is 0 Å². The molecule has 0 aliphatic rings. The molecule has 1 aromatic carbocycles. The summed E-state index contributed by atoms with van der Waals surface area (Å²) in [6.45, 7) is 1.87. The molecule has 6 nitrogen and oxygen atoms in total. The number of anilines is 2. The number of nitrogens with one attached hydrogen (secondary N) is 1. The molecular formula is C16H13BrClN5O. The molecule has 122 valence electrons. The molecule has 2 aromatic heterocycles. The van der Waals surface area contributed by atoms with Crippen molar-refractivity contribution in [3.05, 3.63) is 63.5 Å². The number of hydrogen-bond donors (Lipinski definition) is 2. The number of nitrogens with two attached hydrogens (primary N) is 1. The molecule has 1 amide bonds. The van der Waals surface area contributed by atoms with E-state index in [0.717, 1.165) is 5.56 Å². The highest BCUT2D eigenvalue weighted by Crippen LogP contribution is 2.25. The summed E-state index contributed by atoms with van der Waals surface area (Å²) in [6.07, 6.45) is 1.58. The summed E-state index contributed by atoms with van der Waals surface area (Å²) in [4.78, 5) is 16.9. The Labute approximate surface area is 151 Å². The Morgan fingerprint density at radius 1 is 1.33 bits per heavy atom. The lowest BCUT2D eigenvalue weighted by atomic mass is 10.1. The van der Waals surface area contributed by atoms with E-state index in [1.54, 1.807) is 30.5 Å². The van der Waals surface area contributed by atoms with Crippen LogP contribution in [0.25, 0.3) is 5.82 Å². The molecule has 0 aliphatic heterocycles. The van der Waals surface area contributed by atoms with Crippen LogP contribution >= 0.6 is 27.5 Å². The van der Waals surface area contributed by atoms with E-state index in [0.29, 0.717) is 26.8 Å². The summed E-state index contributed by atoms with van der Waals surface area (Å²) in [7, 11) is 0. The molecular weight excluding hydrogens is 394 g/mol. The maximum Gasteiger partial charge on any atom is 0.274 e. The minimum Gasteiger partial charge on any atom is -0.397 e. The number of aromatic nitrogens is 3. The number of halogens is 2. The number of hydrogen-bond acceptors (Lipinski definition) is 4. The molecule has 0 atom stereocenters. The monoisotopic (exact) mass is 405 g/mol. The van der Waals surface area contributed by atoms with E-state index in [2.05, 4.69) is 31.3 Å². The van der Waals surface area contributed by atoms with Crippen LogP contribution in [0.1, 0.15) is 16.1 Å². The van der Waals surface area contributed by atoms with E-state index < -0.39 is 0 Å². The van der Waals surface area contributed by atoms with Crippen molar-refractivity contribution in [2.75, 3.05) is 11.1 Å². The van der Waals surface area contributed by atoms with E-state index in [4.69, 9.17) is 17.3 Å². The fourth-order valence-electron chi connectivity index (χ4n) is 2.25. The smallest absolute Gasteiger partial charge is 0.274 e. The summed E-state index contributed by atoms with van der Waals surface area (Å²) >= 11 is 9.45. The van der Waals surface area contributed by atoms with Gasteiger partial charge in [0.25, 0.3) is 5.91 Å². The predicted molar refractivity (Wildman–Crippen MR) is 97.6 cm³/mol. The molecule has 0 saturated heterocycles. The van der Waals surface area contributed by atoms with Crippen molar-refractivity contribution in [1.82, 2.24) is 14.8 Å². The van der Waals surface area contributed by atoms with Gasteiger partial charge < -0.3 is 11.1 Å². The quantitative estimate of drug-likeness (QED) is 0.647. The number of benzene rings is 1. The number of amides is 1. The van der Waals surface area contributed by atoms with E-state index >= 15 is 0 Å². The van der Waals surface area contributed by atoms with E-state index in [1.807, 2.05) is 19.1 Å². The highest BCUT2D eigenvalue weighted by atomic mass is 79.9. The molecule has 0 saturated carbocycles. The molecule has 0 spiro atoms. The molecule has 3 aromatic rings. The van der Waals surface area contributed by atoms with Crippen LogP contribution in [0.15, 0.2) is 47.2 Å². The Morgan fingerprint density at radius 2 is 2.12 bits per heavy atom. The molecule has 0 fully saturated rings. The van der Waals surface area contributed by atoms with Crippen molar-refractivity contribution < 1.29 is 4.79 Å². The fraction of sp³-hybridized carbons (Fsp3) is 0.0625. The molecule has 0 unspecified atom stereocenters. The topological polar surface area (TPSA) is 85.8 Å². The van der Waals surface area contributed by atoms with Gasteiger partial charge in [0.15, 0.2) is 5.82 Å². The van der Waals surface area contributed by atoms with Crippen LogP contribution in [0, 0.1) is 6.92 Å². The zero-order valence-electron chi connectivity index (χ0n) is 12.6. The maximum absolute atomic E-state index is 12.7. The first-order chi connectivity index (χ1) is 11.5. The van der Waals surface area contributed by atoms with Gasteiger partial charge in [0.05, 0.1) is 16.4 Å². The number of para-hydroxylation sites is 1. The SMILES string of the molecule is Cc1cccc(N)c1NC(=O)c1cc(Br)nn1-c1ncccc1Cl. The van der Waals surface area contributed by atoms with Crippen molar-refractivity contribution in [1.29, 1.82) is 0 Å². The van der Waals surface area contributed by atoms with Gasteiger partial charge in [-0.2, -0.15) is 5.10 Å². The standard InChI is InChI=1S/C16H13BrClN5O/c1-9-4-2-6-11(19)14(9)21-16(24)12-8-13(17)22-23(12)15-10(18)5-3-7-20-15/h2-8H,19H2,1H3,(H,21,24). The number of rotatable bonds is 3. The van der Waals surface area contributed by atoms with Gasteiger partial charge in [-0.25, -0.2) is 9.67 Å². The third-order valence-corrected chi connectivity index (χ3v) is 4.08. The maximum atomic E-state index is 12.7. The molecule has 0 aliphatic carbocycles. The zero-order chi connectivity index (χ0) is 17.3. The molecule has 0 radical (unpaired) electrons. The van der Waals surface area contributed by atoms with Gasteiger partial charge in [-0.05, 0) is 46.6 Å². The van der Waals surface area contributed by atoms with Gasteiger partial charge in [0.1, 0.15) is 10.3 Å². The second-order valence-electron chi connectivity index (χ2n) is 5.07. The predicted octanol–water partition coefficient (Wildman–Crippen LogP) is 3.83. The van der Waals surface area contributed by atoms with Crippen molar-refractivity contribution in [2.45, 2.75) is 6.92 Å². The number of nitrogen functional groups attached to an aromatic ring is 1. The molecule has 0 bridgehead atoms. The van der Waals surface area contributed by atoms with Crippen LogP contribution in [0.2, 0.25) is 5.02 Å². The number of pyridine rings is 1. The lowest BCUT2D eigenvalue weighted by molar-refractivity contribution is 0.101. The van der Waals surface area contributed by atoms with Gasteiger partial charge in [0, 0.05) is 12.3 Å². The summed E-state index contributed by atoms with van der Waals surface area (Å²) in [6, 6.07) is 10.4. The first-order valence-corrected chi connectivity index (χ1v) is 8.17. The third kappa shape index (κ3) is 3.13. The Kier molecular flexibility index (Phi) is 4.55. The van der Waals surface area contributed by atoms with E-state index in [-0.39, 0.29) is 11.6 Å². The minimum absolute atomic E-state index is 0.283. The fourth-order valence-corrected chi connectivity index (χ4v) is 2.82. The minimum atomic E-state index is -0.365. The number of carbonyl (C=O) groups excluding carboxylic acids is 1. The Balaban J connectivity index is 2.02. The van der Waals surface area contributed by atoms with Crippen LogP contribution < -0.4 is 11.1 Å². The van der Waals surface area contributed by atoms with Crippen LogP contribution in [0.5, 0.6) is 0 Å². The largest absolute Gasteiger partial charge is 0.397 e. The molecule has 24 heavy (non-hydrogen) atoms.